The predicted molar refractivity (Wildman–Crippen MR) is 74.8 cm³/mol. The molecule has 0 aliphatic heterocycles. The second-order valence-electron chi connectivity index (χ2n) is 4.45. The minimum Gasteiger partial charge on any atom is -0.383 e. The number of aromatic nitrogens is 2. The van der Waals surface area contributed by atoms with Gasteiger partial charge in [0.05, 0.1) is 12.6 Å². The van der Waals surface area contributed by atoms with E-state index in [2.05, 4.69) is 29.1 Å². The Morgan fingerprint density at radius 3 is 2.61 bits per heavy atom. The third-order valence-corrected chi connectivity index (χ3v) is 2.90. The highest BCUT2D eigenvalue weighted by molar-refractivity contribution is 5.55. The molecule has 5 heteroatoms. The normalized spacial score (nSPS) is 12.4. The van der Waals surface area contributed by atoms with Gasteiger partial charge in [-0.3, -0.25) is 0 Å². The van der Waals surface area contributed by atoms with E-state index in [9.17, 15) is 0 Å². The van der Waals surface area contributed by atoms with E-state index in [-0.39, 0.29) is 6.04 Å². The molecule has 1 aromatic heterocycles. The summed E-state index contributed by atoms with van der Waals surface area (Å²) >= 11 is 0. The van der Waals surface area contributed by atoms with Gasteiger partial charge in [0.1, 0.15) is 17.5 Å². The number of nitrogens with one attached hydrogen (secondary N) is 1. The standard InChI is InChI=1S/C13H24N4O/c1-5-7-11-16-12(14)9(3)13(17-11)15-10(6-2)8-18-4/h10H,5-8H2,1-4H3,(H3,14,15,16,17). The van der Waals surface area contributed by atoms with Crippen LogP contribution in [-0.2, 0) is 11.2 Å². The average molecular weight is 252 g/mol. The molecule has 0 aromatic carbocycles. The summed E-state index contributed by atoms with van der Waals surface area (Å²) in [5.41, 5.74) is 6.83. The smallest absolute Gasteiger partial charge is 0.135 e. The maximum absolute atomic E-state index is 5.92. The van der Waals surface area contributed by atoms with Crippen LogP contribution in [0.5, 0.6) is 0 Å². The molecule has 0 saturated carbocycles. The van der Waals surface area contributed by atoms with Gasteiger partial charge in [0.25, 0.3) is 0 Å². The third kappa shape index (κ3) is 3.84. The van der Waals surface area contributed by atoms with Gasteiger partial charge in [0.2, 0.25) is 0 Å². The first-order valence-electron chi connectivity index (χ1n) is 6.50. The van der Waals surface area contributed by atoms with Crippen LogP contribution in [0.2, 0.25) is 0 Å². The van der Waals surface area contributed by atoms with Crippen molar-refractivity contribution in [3.05, 3.63) is 11.4 Å². The van der Waals surface area contributed by atoms with Crippen molar-refractivity contribution in [3.63, 3.8) is 0 Å². The van der Waals surface area contributed by atoms with Gasteiger partial charge < -0.3 is 15.8 Å². The summed E-state index contributed by atoms with van der Waals surface area (Å²) in [5.74, 6) is 2.19. The fourth-order valence-electron chi connectivity index (χ4n) is 1.71. The number of hydrogen-bond acceptors (Lipinski definition) is 5. The Labute approximate surface area is 109 Å². The van der Waals surface area contributed by atoms with E-state index in [1.165, 1.54) is 0 Å². The molecular formula is C13H24N4O. The Kier molecular flexibility index (Phi) is 5.85. The first kappa shape index (κ1) is 14.7. The van der Waals surface area contributed by atoms with Crippen LogP contribution >= 0.6 is 0 Å². The Morgan fingerprint density at radius 1 is 1.33 bits per heavy atom. The van der Waals surface area contributed by atoms with Gasteiger partial charge >= 0.3 is 0 Å². The number of hydrogen-bond donors (Lipinski definition) is 2. The minimum atomic E-state index is 0.248. The lowest BCUT2D eigenvalue weighted by molar-refractivity contribution is 0.184. The molecule has 5 nitrogen and oxygen atoms in total. The summed E-state index contributed by atoms with van der Waals surface area (Å²) in [7, 11) is 1.70. The van der Waals surface area contributed by atoms with E-state index >= 15 is 0 Å². The molecule has 1 rings (SSSR count). The molecule has 1 heterocycles. The van der Waals surface area contributed by atoms with Gasteiger partial charge in [-0.2, -0.15) is 0 Å². The zero-order chi connectivity index (χ0) is 13.5. The van der Waals surface area contributed by atoms with E-state index < -0.39 is 0 Å². The Balaban J connectivity index is 2.91. The first-order chi connectivity index (χ1) is 8.62. The zero-order valence-electron chi connectivity index (χ0n) is 11.8. The fraction of sp³-hybridized carbons (Fsp3) is 0.692. The third-order valence-electron chi connectivity index (χ3n) is 2.90. The molecule has 0 aliphatic carbocycles. The Bertz CT molecular complexity index is 381. The molecule has 0 saturated heterocycles. The lowest BCUT2D eigenvalue weighted by Gasteiger charge is -2.19. The highest BCUT2D eigenvalue weighted by Crippen LogP contribution is 2.19. The zero-order valence-corrected chi connectivity index (χ0v) is 11.8. The summed E-state index contributed by atoms with van der Waals surface area (Å²) in [6.45, 7) is 6.81. The van der Waals surface area contributed by atoms with Crippen LogP contribution in [0.4, 0.5) is 11.6 Å². The van der Waals surface area contributed by atoms with E-state index in [1.54, 1.807) is 7.11 Å². The molecule has 0 spiro atoms. The van der Waals surface area contributed by atoms with Crippen molar-refractivity contribution < 1.29 is 4.74 Å². The predicted octanol–water partition coefficient (Wildman–Crippen LogP) is 2.16. The van der Waals surface area contributed by atoms with Crippen molar-refractivity contribution in [2.75, 3.05) is 24.8 Å². The van der Waals surface area contributed by atoms with Gasteiger partial charge in [-0.25, -0.2) is 9.97 Å². The lowest BCUT2D eigenvalue weighted by atomic mass is 10.2. The van der Waals surface area contributed by atoms with Crippen molar-refractivity contribution in [1.29, 1.82) is 0 Å². The second-order valence-corrected chi connectivity index (χ2v) is 4.45. The maximum Gasteiger partial charge on any atom is 0.135 e. The van der Waals surface area contributed by atoms with Crippen LogP contribution in [-0.4, -0.2) is 29.7 Å². The van der Waals surface area contributed by atoms with Gasteiger partial charge in [-0.05, 0) is 19.8 Å². The van der Waals surface area contributed by atoms with Crippen molar-refractivity contribution in [1.82, 2.24) is 9.97 Å². The van der Waals surface area contributed by atoms with Crippen molar-refractivity contribution in [2.24, 2.45) is 0 Å². The number of nitrogen functional groups attached to an aromatic ring is 1. The van der Waals surface area contributed by atoms with Gasteiger partial charge in [0.15, 0.2) is 0 Å². The number of anilines is 2. The first-order valence-corrected chi connectivity index (χ1v) is 6.50. The number of nitrogens with two attached hydrogens (primary N) is 1. The van der Waals surface area contributed by atoms with E-state index in [0.717, 1.165) is 36.5 Å². The van der Waals surface area contributed by atoms with Crippen molar-refractivity contribution >= 4 is 11.6 Å². The molecule has 0 aliphatic rings. The number of nitrogens with zero attached hydrogens (tertiary/aromatic N) is 2. The largest absolute Gasteiger partial charge is 0.383 e. The minimum absolute atomic E-state index is 0.248. The molecule has 1 atom stereocenters. The summed E-state index contributed by atoms with van der Waals surface area (Å²) in [5, 5.41) is 3.38. The van der Waals surface area contributed by atoms with Crippen LogP contribution in [0.25, 0.3) is 0 Å². The van der Waals surface area contributed by atoms with E-state index in [0.29, 0.717) is 12.4 Å². The molecular weight excluding hydrogens is 228 g/mol. The van der Waals surface area contributed by atoms with Crippen LogP contribution in [0.1, 0.15) is 38.1 Å². The topological polar surface area (TPSA) is 73.1 Å². The SMILES string of the molecule is CCCc1nc(N)c(C)c(NC(CC)COC)n1. The molecule has 1 unspecified atom stereocenters. The lowest BCUT2D eigenvalue weighted by Crippen LogP contribution is -2.25. The van der Waals surface area contributed by atoms with Crippen LogP contribution in [0, 0.1) is 6.92 Å². The Hall–Kier alpha value is -1.36. The number of rotatable bonds is 7. The van der Waals surface area contributed by atoms with Gasteiger partial charge in [0, 0.05) is 19.1 Å². The summed E-state index contributed by atoms with van der Waals surface area (Å²) < 4.78 is 5.18. The van der Waals surface area contributed by atoms with Crippen LogP contribution in [0.15, 0.2) is 0 Å². The molecule has 0 fully saturated rings. The van der Waals surface area contributed by atoms with Gasteiger partial charge in [-0.15, -0.1) is 0 Å². The monoisotopic (exact) mass is 252 g/mol. The van der Waals surface area contributed by atoms with E-state index in [4.69, 9.17) is 10.5 Å². The maximum atomic E-state index is 5.92. The van der Waals surface area contributed by atoms with Crippen molar-refractivity contribution in [2.45, 2.75) is 46.1 Å². The van der Waals surface area contributed by atoms with Crippen molar-refractivity contribution in [3.8, 4) is 0 Å². The van der Waals surface area contributed by atoms with E-state index in [1.807, 2.05) is 6.92 Å². The molecule has 0 amide bonds. The molecule has 1 aromatic rings. The average Bonchev–Trinajstić information content (AvgIpc) is 2.35. The highest BCUT2D eigenvalue weighted by atomic mass is 16.5. The van der Waals surface area contributed by atoms with Gasteiger partial charge in [-0.1, -0.05) is 13.8 Å². The molecule has 3 N–H and O–H groups in total. The number of ether oxygens (including phenoxy) is 1. The summed E-state index contributed by atoms with van der Waals surface area (Å²) in [4.78, 5) is 8.83. The fourth-order valence-corrected chi connectivity index (χ4v) is 1.71. The molecule has 18 heavy (non-hydrogen) atoms. The molecule has 0 radical (unpaired) electrons. The highest BCUT2D eigenvalue weighted by Gasteiger charge is 2.12. The molecule has 102 valence electrons. The quantitative estimate of drug-likeness (QED) is 0.778. The summed E-state index contributed by atoms with van der Waals surface area (Å²) in [6.07, 6.45) is 2.83. The second kappa shape index (κ2) is 7.16. The number of methoxy groups -OCH3 is 1. The Morgan fingerprint density at radius 2 is 2.06 bits per heavy atom. The molecule has 0 bridgehead atoms. The van der Waals surface area contributed by atoms with Crippen LogP contribution < -0.4 is 11.1 Å². The number of aryl methyl sites for hydroxylation is 1. The summed E-state index contributed by atoms with van der Waals surface area (Å²) in [6, 6.07) is 0.248. The van der Waals surface area contributed by atoms with Crippen LogP contribution in [0.3, 0.4) is 0 Å².